The summed E-state index contributed by atoms with van der Waals surface area (Å²) in [5.41, 5.74) is 6.25. The van der Waals surface area contributed by atoms with Gasteiger partial charge in [0.05, 0.1) is 5.54 Å². The van der Waals surface area contributed by atoms with E-state index in [0.29, 0.717) is 11.1 Å². The van der Waals surface area contributed by atoms with Crippen LogP contribution in [-0.2, 0) is 0 Å². The predicted molar refractivity (Wildman–Crippen MR) is 56.2 cm³/mol. The molecule has 0 saturated heterocycles. The molecule has 15 heavy (non-hydrogen) atoms. The number of carbonyl (C=O) groups is 1. The quantitative estimate of drug-likeness (QED) is 0.755. The van der Waals surface area contributed by atoms with Crippen LogP contribution in [0, 0.1) is 12.7 Å². The molecular formula is C12H14FNO. The Morgan fingerprint density at radius 3 is 2.60 bits per heavy atom. The van der Waals surface area contributed by atoms with Gasteiger partial charge in [-0.2, -0.15) is 0 Å². The number of hydrogen-bond donors (Lipinski definition) is 1. The Hall–Kier alpha value is -1.22. The first-order chi connectivity index (χ1) is 7.03. The van der Waals surface area contributed by atoms with Gasteiger partial charge in [-0.3, -0.25) is 4.79 Å². The molecule has 1 fully saturated rings. The minimum absolute atomic E-state index is 0.0585. The molecule has 1 aromatic rings. The van der Waals surface area contributed by atoms with Crippen LogP contribution in [0.2, 0.25) is 0 Å². The Bertz CT molecular complexity index is 410. The highest BCUT2D eigenvalue weighted by Crippen LogP contribution is 2.32. The Morgan fingerprint density at radius 2 is 2.13 bits per heavy atom. The van der Waals surface area contributed by atoms with E-state index in [1.54, 1.807) is 13.0 Å². The lowest BCUT2D eigenvalue weighted by Crippen LogP contribution is -2.53. The van der Waals surface area contributed by atoms with Gasteiger partial charge in [-0.1, -0.05) is 0 Å². The Labute approximate surface area is 88.3 Å². The lowest BCUT2D eigenvalue weighted by molar-refractivity contribution is 0.0800. The molecule has 0 atom stereocenters. The molecule has 2 nitrogen and oxygen atoms in total. The number of ketones is 1. The van der Waals surface area contributed by atoms with E-state index in [0.717, 1.165) is 19.3 Å². The standard InChI is InChI=1S/C12H14FNO/c1-8-7-9(3-4-10(8)13)11(15)12(14)5-2-6-12/h3-4,7H,2,5-6,14H2,1H3. The fourth-order valence-electron chi connectivity index (χ4n) is 1.86. The second-order valence-electron chi connectivity index (χ2n) is 4.30. The molecule has 3 heteroatoms. The van der Waals surface area contributed by atoms with Crippen molar-refractivity contribution < 1.29 is 9.18 Å². The van der Waals surface area contributed by atoms with Crippen molar-refractivity contribution in [3.8, 4) is 0 Å². The molecule has 0 bridgehead atoms. The number of halogens is 1. The van der Waals surface area contributed by atoms with E-state index in [2.05, 4.69) is 0 Å². The van der Waals surface area contributed by atoms with Crippen molar-refractivity contribution in [2.75, 3.05) is 0 Å². The molecule has 0 aliphatic heterocycles. The van der Waals surface area contributed by atoms with Crippen molar-refractivity contribution in [1.29, 1.82) is 0 Å². The van der Waals surface area contributed by atoms with Crippen LogP contribution in [0.1, 0.15) is 35.2 Å². The molecule has 2 rings (SSSR count). The third-order valence-electron chi connectivity index (χ3n) is 3.12. The zero-order valence-electron chi connectivity index (χ0n) is 8.72. The van der Waals surface area contributed by atoms with Crippen molar-refractivity contribution in [2.45, 2.75) is 31.7 Å². The van der Waals surface area contributed by atoms with Crippen molar-refractivity contribution in [2.24, 2.45) is 5.73 Å². The normalized spacial score (nSPS) is 18.3. The minimum Gasteiger partial charge on any atom is -0.319 e. The van der Waals surface area contributed by atoms with Gasteiger partial charge in [-0.25, -0.2) is 4.39 Å². The number of rotatable bonds is 2. The maximum atomic E-state index is 13.0. The number of aryl methyl sites for hydroxylation is 1. The summed E-state index contributed by atoms with van der Waals surface area (Å²) >= 11 is 0. The number of benzene rings is 1. The fourth-order valence-corrected chi connectivity index (χ4v) is 1.86. The maximum Gasteiger partial charge on any atom is 0.182 e. The minimum atomic E-state index is -0.690. The van der Waals surface area contributed by atoms with Gasteiger partial charge < -0.3 is 5.73 Å². The zero-order chi connectivity index (χ0) is 11.1. The van der Waals surface area contributed by atoms with Crippen LogP contribution in [0.3, 0.4) is 0 Å². The average Bonchev–Trinajstić information content (AvgIpc) is 2.17. The number of Topliss-reactive ketones (excluding diaryl/α,β-unsaturated/α-hetero) is 1. The summed E-state index contributed by atoms with van der Waals surface area (Å²) in [4.78, 5) is 12.0. The van der Waals surface area contributed by atoms with Crippen molar-refractivity contribution in [3.63, 3.8) is 0 Å². The average molecular weight is 207 g/mol. The first-order valence-corrected chi connectivity index (χ1v) is 5.13. The number of hydrogen-bond acceptors (Lipinski definition) is 2. The third kappa shape index (κ3) is 1.67. The Kier molecular flexibility index (Phi) is 2.35. The van der Waals surface area contributed by atoms with E-state index in [1.807, 2.05) is 0 Å². The summed E-state index contributed by atoms with van der Waals surface area (Å²) in [6, 6.07) is 4.41. The highest BCUT2D eigenvalue weighted by atomic mass is 19.1. The lowest BCUT2D eigenvalue weighted by atomic mass is 9.72. The molecule has 1 aromatic carbocycles. The molecule has 80 valence electrons. The monoisotopic (exact) mass is 207 g/mol. The molecule has 0 heterocycles. The molecule has 0 amide bonds. The highest BCUT2D eigenvalue weighted by molar-refractivity contribution is 6.03. The van der Waals surface area contributed by atoms with Crippen molar-refractivity contribution in [3.05, 3.63) is 35.1 Å². The molecule has 1 aliphatic rings. The van der Waals surface area contributed by atoms with Gasteiger partial charge in [0, 0.05) is 5.56 Å². The van der Waals surface area contributed by atoms with Crippen molar-refractivity contribution >= 4 is 5.78 Å². The van der Waals surface area contributed by atoms with Gasteiger partial charge in [0.1, 0.15) is 5.82 Å². The molecular weight excluding hydrogens is 193 g/mol. The number of carbonyl (C=O) groups excluding carboxylic acids is 1. The van der Waals surface area contributed by atoms with E-state index in [1.165, 1.54) is 12.1 Å². The SMILES string of the molecule is Cc1cc(C(=O)C2(N)CCC2)ccc1F. The van der Waals surface area contributed by atoms with E-state index >= 15 is 0 Å². The van der Waals surface area contributed by atoms with Gasteiger partial charge in [0.2, 0.25) is 0 Å². The van der Waals surface area contributed by atoms with Gasteiger partial charge in [0.15, 0.2) is 5.78 Å². The Balaban J connectivity index is 2.30. The summed E-state index contributed by atoms with van der Waals surface area (Å²) in [5.74, 6) is -0.344. The third-order valence-corrected chi connectivity index (χ3v) is 3.12. The van der Waals surface area contributed by atoms with E-state index in [4.69, 9.17) is 5.73 Å². The molecule has 1 saturated carbocycles. The van der Waals surface area contributed by atoms with Crippen LogP contribution in [0.25, 0.3) is 0 Å². The van der Waals surface area contributed by atoms with Crippen LogP contribution >= 0.6 is 0 Å². The van der Waals surface area contributed by atoms with Crippen LogP contribution in [0.5, 0.6) is 0 Å². The molecule has 1 aliphatic carbocycles. The highest BCUT2D eigenvalue weighted by Gasteiger charge is 2.40. The molecule has 0 aromatic heterocycles. The molecule has 0 unspecified atom stereocenters. The predicted octanol–water partition coefficient (Wildman–Crippen LogP) is 2.20. The first-order valence-electron chi connectivity index (χ1n) is 5.13. The molecule has 2 N–H and O–H groups in total. The van der Waals surface area contributed by atoms with Crippen LogP contribution < -0.4 is 5.73 Å². The van der Waals surface area contributed by atoms with E-state index in [9.17, 15) is 9.18 Å². The maximum absolute atomic E-state index is 13.0. The van der Waals surface area contributed by atoms with Gasteiger partial charge in [0.25, 0.3) is 0 Å². The summed E-state index contributed by atoms with van der Waals surface area (Å²) < 4.78 is 13.0. The molecule has 0 spiro atoms. The largest absolute Gasteiger partial charge is 0.319 e. The summed E-state index contributed by atoms with van der Waals surface area (Å²) in [6.45, 7) is 1.65. The zero-order valence-corrected chi connectivity index (χ0v) is 8.72. The topological polar surface area (TPSA) is 43.1 Å². The summed E-state index contributed by atoms with van der Waals surface area (Å²) in [6.07, 6.45) is 2.48. The van der Waals surface area contributed by atoms with E-state index < -0.39 is 5.54 Å². The van der Waals surface area contributed by atoms with Gasteiger partial charge in [-0.15, -0.1) is 0 Å². The second kappa shape index (κ2) is 3.42. The fraction of sp³-hybridized carbons (Fsp3) is 0.417. The van der Waals surface area contributed by atoms with Crippen LogP contribution in [-0.4, -0.2) is 11.3 Å². The van der Waals surface area contributed by atoms with Crippen molar-refractivity contribution in [1.82, 2.24) is 0 Å². The van der Waals surface area contributed by atoms with Crippen LogP contribution in [0.15, 0.2) is 18.2 Å². The van der Waals surface area contributed by atoms with Gasteiger partial charge >= 0.3 is 0 Å². The Morgan fingerprint density at radius 1 is 1.47 bits per heavy atom. The summed E-state index contributed by atoms with van der Waals surface area (Å²) in [7, 11) is 0. The lowest BCUT2D eigenvalue weighted by Gasteiger charge is -2.36. The molecule has 0 radical (unpaired) electrons. The first kappa shape index (κ1) is 10.3. The van der Waals surface area contributed by atoms with Crippen LogP contribution in [0.4, 0.5) is 4.39 Å². The summed E-state index contributed by atoms with van der Waals surface area (Å²) in [5, 5.41) is 0. The second-order valence-corrected chi connectivity index (χ2v) is 4.30. The van der Waals surface area contributed by atoms with Gasteiger partial charge in [-0.05, 0) is 49.9 Å². The van der Waals surface area contributed by atoms with E-state index in [-0.39, 0.29) is 11.6 Å². The smallest absolute Gasteiger partial charge is 0.182 e. The number of nitrogens with two attached hydrogens (primary N) is 1.